The van der Waals surface area contributed by atoms with Crippen molar-refractivity contribution in [2.45, 2.75) is 51.6 Å². The number of hydrogen-bond acceptors (Lipinski definition) is 2. The third kappa shape index (κ3) is 2.53. The molecule has 0 heterocycles. The van der Waals surface area contributed by atoms with Crippen LogP contribution < -0.4 is 4.72 Å². The van der Waals surface area contributed by atoms with Crippen LogP contribution in [0, 0.1) is 5.41 Å². The van der Waals surface area contributed by atoms with Crippen LogP contribution in [0.4, 0.5) is 0 Å². The van der Waals surface area contributed by atoms with Crippen LogP contribution >= 0.6 is 11.6 Å². The van der Waals surface area contributed by atoms with E-state index in [9.17, 15) is 8.42 Å². The second-order valence-corrected chi connectivity index (χ2v) is 7.60. The Morgan fingerprint density at radius 2 is 1.94 bits per heavy atom. The van der Waals surface area contributed by atoms with Gasteiger partial charge in [0.2, 0.25) is 0 Å². The average Bonchev–Trinajstić information content (AvgIpc) is 2.15. The highest BCUT2D eigenvalue weighted by Gasteiger charge is 2.49. The monoisotopic (exact) mass is 268 g/mol. The highest BCUT2D eigenvalue weighted by atomic mass is 35.5. The predicted molar refractivity (Wildman–Crippen MR) is 66.8 cm³/mol. The molecule has 2 unspecified atom stereocenters. The Morgan fingerprint density at radius 1 is 1.44 bits per heavy atom. The van der Waals surface area contributed by atoms with Crippen molar-refractivity contribution in [1.29, 1.82) is 0 Å². The summed E-state index contributed by atoms with van der Waals surface area (Å²) in [5.41, 5.74) is -0.174. The summed E-state index contributed by atoms with van der Waals surface area (Å²) < 4.78 is 27.9. The molecular weight excluding hydrogens is 248 g/mol. The molecule has 0 amide bonds. The first-order valence-corrected chi connectivity index (χ1v) is 7.36. The number of alkyl halides is 1. The van der Waals surface area contributed by atoms with Gasteiger partial charge in [-0.1, -0.05) is 13.8 Å². The summed E-state index contributed by atoms with van der Waals surface area (Å²) in [5.74, 6) is 0. The molecule has 0 bridgehead atoms. The van der Waals surface area contributed by atoms with Gasteiger partial charge in [-0.3, -0.25) is 0 Å². The maximum atomic E-state index is 11.9. The summed E-state index contributed by atoms with van der Waals surface area (Å²) in [4.78, 5) is 0. The van der Waals surface area contributed by atoms with Crippen LogP contribution in [0.2, 0.25) is 0 Å². The zero-order chi connectivity index (χ0) is 12.7. The molecule has 1 fully saturated rings. The fraction of sp³-hybridized carbons (Fsp3) is 1.00. The van der Waals surface area contributed by atoms with Crippen molar-refractivity contribution < 1.29 is 8.42 Å². The zero-order valence-electron chi connectivity index (χ0n) is 10.5. The van der Waals surface area contributed by atoms with Gasteiger partial charge in [0.15, 0.2) is 0 Å². The zero-order valence-corrected chi connectivity index (χ0v) is 12.1. The van der Waals surface area contributed by atoms with Crippen molar-refractivity contribution in [2.24, 2.45) is 5.41 Å². The Morgan fingerprint density at radius 3 is 2.25 bits per heavy atom. The third-order valence-corrected chi connectivity index (χ3v) is 6.05. The van der Waals surface area contributed by atoms with Crippen LogP contribution in [0.1, 0.15) is 34.1 Å². The summed E-state index contributed by atoms with van der Waals surface area (Å²) in [7, 11) is -1.81. The number of nitrogens with zero attached hydrogens (tertiary/aromatic N) is 1. The van der Waals surface area contributed by atoms with E-state index >= 15 is 0 Å². The van der Waals surface area contributed by atoms with E-state index in [1.807, 2.05) is 27.7 Å². The Labute approximate surface area is 104 Å². The smallest absolute Gasteiger partial charge is 0.198 e. The molecule has 1 aliphatic carbocycles. The fourth-order valence-electron chi connectivity index (χ4n) is 1.61. The number of rotatable bonds is 4. The molecule has 0 aromatic carbocycles. The minimum Gasteiger partial charge on any atom is -0.198 e. The van der Waals surface area contributed by atoms with Gasteiger partial charge >= 0.3 is 0 Å². The van der Waals surface area contributed by atoms with Gasteiger partial charge in [0.25, 0.3) is 10.2 Å². The highest BCUT2D eigenvalue weighted by Crippen LogP contribution is 2.44. The highest BCUT2D eigenvalue weighted by molar-refractivity contribution is 7.87. The van der Waals surface area contributed by atoms with Gasteiger partial charge in [0, 0.05) is 24.5 Å². The van der Waals surface area contributed by atoms with Crippen LogP contribution in [0.15, 0.2) is 0 Å². The Balaban J connectivity index is 2.69. The summed E-state index contributed by atoms with van der Waals surface area (Å²) in [5, 5.41) is 0.0459. The molecule has 2 atom stereocenters. The lowest BCUT2D eigenvalue weighted by molar-refractivity contribution is 0.135. The molecule has 1 N–H and O–H groups in total. The van der Waals surface area contributed by atoms with Gasteiger partial charge in [0.1, 0.15) is 0 Å². The van der Waals surface area contributed by atoms with Crippen molar-refractivity contribution in [1.82, 2.24) is 9.03 Å². The van der Waals surface area contributed by atoms with E-state index < -0.39 is 10.2 Å². The lowest BCUT2D eigenvalue weighted by atomic mass is 9.67. The van der Waals surface area contributed by atoms with Gasteiger partial charge in [-0.2, -0.15) is 17.4 Å². The minimum absolute atomic E-state index is 0.0459. The maximum Gasteiger partial charge on any atom is 0.279 e. The molecule has 1 saturated carbocycles. The summed E-state index contributed by atoms with van der Waals surface area (Å²) in [6.07, 6.45) is 0.694. The molecule has 0 saturated heterocycles. The van der Waals surface area contributed by atoms with Crippen molar-refractivity contribution in [2.75, 3.05) is 7.05 Å². The maximum absolute atomic E-state index is 11.9. The molecule has 6 heteroatoms. The summed E-state index contributed by atoms with van der Waals surface area (Å²) >= 11 is 6.06. The first-order valence-electron chi connectivity index (χ1n) is 5.48. The quantitative estimate of drug-likeness (QED) is 0.787. The van der Waals surface area contributed by atoms with Crippen LogP contribution in [0.5, 0.6) is 0 Å². The van der Waals surface area contributed by atoms with E-state index in [1.54, 1.807) is 7.05 Å². The SMILES string of the molecule is CC(C)N(C)S(=O)(=O)NC1CC(Cl)C1(C)C. The molecule has 1 aliphatic rings. The number of halogens is 1. The molecule has 0 radical (unpaired) electrons. The van der Waals surface area contributed by atoms with Crippen LogP contribution in [0.3, 0.4) is 0 Å². The van der Waals surface area contributed by atoms with Gasteiger partial charge in [-0.05, 0) is 25.7 Å². The topological polar surface area (TPSA) is 49.4 Å². The Hall–Kier alpha value is 0.160. The van der Waals surface area contributed by atoms with Crippen LogP contribution in [-0.4, -0.2) is 37.2 Å². The van der Waals surface area contributed by atoms with Crippen molar-refractivity contribution in [3.05, 3.63) is 0 Å². The first-order chi connectivity index (χ1) is 7.09. The molecule has 0 aromatic rings. The third-order valence-electron chi connectivity index (χ3n) is 3.55. The normalized spacial score (nSPS) is 29.5. The van der Waals surface area contributed by atoms with Gasteiger partial charge in [-0.15, -0.1) is 11.6 Å². The van der Waals surface area contributed by atoms with Gasteiger partial charge < -0.3 is 0 Å². The van der Waals surface area contributed by atoms with Crippen molar-refractivity contribution in [3.63, 3.8) is 0 Å². The molecular formula is C10H21ClN2O2S. The largest absolute Gasteiger partial charge is 0.279 e. The predicted octanol–water partition coefficient (Wildman–Crippen LogP) is 1.57. The van der Waals surface area contributed by atoms with Crippen LogP contribution in [0.25, 0.3) is 0 Å². The van der Waals surface area contributed by atoms with Gasteiger partial charge in [0.05, 0.1) is 0 Å². The summed E-state index contributed by atoms with van der Waals surface area (Å²) in [6.45, 7) is 7.65. The first kappa shape index (κ1) is 14.2. The second-order valence-electron chi connectivity index (χ2n) is 5.31. The van der Waals surface area contributed by atoms with Crippen LogP contribution in [-0.2, 0) is 10.2 Å². The lowest BCUT2D eigenvalue weighted by Crippen LogP contribution is -2.61. The molecule has 0 spiro atoms. The molecule has 0 aliphatic heterocycles. The van der Waals surface area contributed by atoms with E-state index in [0.717, 1.165) is 0 Å². The van der Waals surface area contributed by atoms with E-state index in [4.69, 9.17) is 11.6 Å². The molecule has 96 valence electrons. The van der Waals surface area contributed by atoms with E-state index in [-0.39, 0.29) is 22.9 Å². The minimum atomic E-state index is -3.39. The fourth-order valence-corrected chi connectivity index (χ4v) is 3.42. The van der Waals surface area contributed by atoms with E-state index in [0.29, 0.717) is 6.42 Å². The summed E-state index contributed by atoms with van der Waals surface area (Å²) in [6, 6.07) is -0.117. The average molecular weight is 269 g/mol. The Bertz CT molecular complexity index is 354. The standard InChI is InChI=1S/C10H21ClN2O2S/c1-7(2)13(5)16(14,15)12-9-6-8(11)10(9,3)4/h7-9,12H,6H2,1-5H3. The van der Waals surface area contributed by atoms with Crippen molar-refractivity contribution in [3.8, 4) is 0 Å². The Kier molecular flexibility index (Phi) is 3.95. The van der Waals surface area contributed by atoms with Gasteiger partial charge in [-0.25, -0.2) is 0 Å². The van der Waals surface area contributed by atoms with E-state index in [2.05, 4.69) is 4.72 Å². The number of hydrogen-bond donors (Lipinski definition) is 1. The van der Waals surface area contributed by atoms with Crippen molar-refractivity contribution >= 4 is 21.8 Å². The molecule has 16 heavy (non-hydrogen) atoms. The second kappa shape index (κ2) is 4.44. The molecule has 1 rings (SSSR count). The molecule has 4 nitrogen and oxygen atoms in total. The molecule has 0 aromatic heterocycles. The lowest BCUT2D eigenvalue weighted by Gasteiger charge is -2.49. The van der Waals surface area contributed by atoms with E-state index in [1.165, 1.54) is 4.31 Å². The number of nitrogens with one attached hydrogen (secondary N) is 1.